The maximum atomic E-state index is 12.4. The lowest BCUT2D eigenvalue weighted by Gasteiger charge is -2.22. The molecule has 0 atom stereocenters. The summed E-state index contributed by atoms with van der Waals surface area (Å²) in [5.41, 5.74) is 3.48. The SMILES string of the molecule is CSCc1nnc(SCc2csc(N(C(C)=O)c3c(C)cc(C)cc3Cl)n2)o1. The Hall–Kier alpha value is -1.55. The molecule has 1 aromatic carbocycles. The Morgan fingerprint density at radius 3 is 2.75 bits per heavy atom. The third-order valence-corrected chi connectivity index (χ3v) is 6.28. The number of aromatic nitrogens is 3. The summed E-state index contributed by atoms with van der Waals surface area (Å²) in [6.07, 6.45) is 1.98. The fourth-order valence-corrected chi connectivity index (χ4v) is 5.08. The first-order chi connectivity index (χ1) is 13.4. The van der Waals surface area contributed by atoms with Crippen LogP contribution in [0.25, 0.3) is 0 Å². The first-order valence-corrected chi connectivity index (χ1v) is 12.0. The third-order valence-electron chi connectivity index (χ3n) is 3.73. The molecule has 0 aliphatic rings. The number of thiazole rings is 1. The first kappa shape index (κ1) is 21.2. The van der Waals surface area contributed by atoms with Gasteiger partial charge in [0.25, 0.3) is 5.22 Å². The maximum Gasteiger partial charge on any atom is 0.276 e. The number of carbonyl (C=O) groups is 1. The predicted octanol–water partition coefficient (Wildman–Crippen LogP) is 5.64. The topological polar surface area (TPSA) is 72.1 Å². The second kappa shape index (κ2) is 9.30. The van der Waals surface area contributed by atoms with Gasteiger partial charge in [0.1, 0.15) is 0 Å². The average Bonchev–Trinajstić information content (AvgIpc) is 3.25. The van der Waals surface area contributed by atoms with Gasteiger partial charge in [0.2, 0.25) is 11.8 Å². The first-order valence-electron chi connectivity index (χ1n) is 8.35. The number of anilines is 2. The number of halogens is 1. The summed E-state index contributed by atoms with van der Waals surface area (Å²) in [7, 11) is 0. The summed E-state index contributed by atoms with van der Waals surface area (Å²) in [4.78, 5) is 18.6. The Balaban J connectivity index is 1.79. The second-order valence-corrected chi connectivity index (χ2v) is 9.11. The quantitative estimate of drug-likeness (QED) is 0.428. The molecule has 3 rings (SSSR count). The molecule has 0 aliphatic heterocycles. The van der Waals surface area contributed by atoms with E-state index in [1.54, 1.807) is 16.7 Å². The molecular formula is C18H19ClN4O2S3. The van der Waals surface area contributed by atoms with E-state index in [0.29, 0.717) is 38.5 Å². The maximum absolute atomic E-state index is 12.4. The minimum Gasteiger partial charge on any atom is -0.415 e. The predicted molar refractivity (Wildman–Crippen MR) is 117 cm³/mol. The number of benzene rings is 1. The lowest BCUT2D eigenvalue weighted by Crippen LogP contribution is -2.24. The lowest BCUT2D eigenvalue weighted by atomic mass is 10.1. The zero-order valence-electron chi connectivity index (χ0n) is 15.9. The Labute approximate surface area is 181 Å². The van der Waals surface area contributed by atoms with Gasteiger partial charge in [-0.25, -0.2) is 4.98 Å². The fraction of sp³-hybridized carbons (Fsp3) is 0.333. The van der Waals surface area contributed by atoms with E-state index in [9.17, 15) is 4.79 Å². The number of hydrogen-bond acceptors (Lipinski definition) is 8. The van der Waals surface area contributed by atoms with Crippen LogP contribution in [0.15, 0.2) is 27.2 Å². The van der Waals surface area contributed by atoms with Crippen molar-refractivity contribution >= 4 is 63.2 Å². The highest BCUT2D eigenvalue weighted by atomic mass is 35.5. The minimum atomic E-state index is -0.138. The van der Waals surface area contributed by atoms with Crippen molar-refractivity contribution in [2.45, 2.75) is 37.5 Å². The van der Waals surface area contributed by atoms with Gasteiger partial charge in [0.15, 0.2) is 5.13 Å². The summed E-state index contributed by atoms with van der Waals surface area (Å²) in [6, 6.07) is 3.86. The molecule has 0 spiro atoms. The van der Waals surface area contributed by atoms with Crippen molar-refractivity contribution in [3.8, 4) is 0 Å². The molecule has 6 nitrogen and oxygen atoms in total. The van der Waals surface area contributed by atoms with Gasteiger partial charge in [-0.3, -0.25) is 9.69 Å². The molecular weight excluding hydrogens is 436 g/mol. The van der Waals surface area contributed by atoms with E-state index >= 15 is 0 Å². The van der Waals surface area contributed by atoms with E-state index in [4.69, 9.17) is 16.0 Å². The van der Waals surface area contributed by atoms with E-state index in [-0.39, 0.29) is 5.91 Å². The van der Waals surface area contributed by atoms with Crippen LogP contribution in [0.3, 0.4) is 0 Å². The molecule has 0 fully saturated rings. The molecule has 1 amide bonds. The van der Waals surface area contributed by atoms with Gasteiger partial charge in [-0.15, -0.1) is 21.5 Å². The van der Waals surface area contributed by atoms with Crippen molar-refractivity contribution in [2.75, 3.05) is 11.2 Å². The number of thioether (sulfide) groups is 2. The lowest BCUT2D eigenvalue weighted by molar-refractivity contribution is -0.115. The van der Waals surface area contributed by atoms with Crippen LogP contribution in [0.2, 0.25) is 5.02 Å². The second-order valence-electron chi connectivity index (χ2n) is 6.07. The zero-order valence-corrected chi connectivity index (χ0v) is 19.1. The van der Waals surface area contributed by atoms with Crippen LogP contribution in [-0.4, -0.2) is 27.3 Å². The van der Waals surface area contributed by atoms with Crippen LogP contribution in [0.1, 0.15) is 29.6 Å². The van der Waals surface area contributed by atoms with Gasteiger partial charge in [-0.05, 0) is 37.3 Å². The number of rotatable bonds is 7. The highest BCUT2D eigenvalue weighted by Gasteiger charge is 2.22. The molecule has 3 aromatic rings. The fourth-order valence-electron chi connectivity index (χ4n) is 2.66. The smallest absolute Gasteiger partial charge is 0.276 e. The van der Waals surface area contributed by atoms with Crippen LogP contribution in [0.4, 0.5) is 10.8 Å². The summed E-state index contributed by atoms with van der Waals surface area (Å²) < 4.78 is 5.56. The number of hydrogen-bond donors (Lipinski definition) is 0. The summed E-state index contributed by atoms with van der Waals surface area (Å²) in [6.45, 7) is 5.43. The summed E-state index contributed by atoms with van der Waals surface area (Å²) >= 11 is 10.9. The van der Waals surface area contributed by atoms with Crippen molar-refractivity contribution in [2.24, 2.45) is 0 Å². The van der Waals surface area contributed by atoms with E-state index in [1.165, 1.54) is 30.0 Å². The number of carbonyl (C=O) groups excluding carboxylic acids is 1. The molecule has 2 heterocycles. The van der Waals surface area contributed by atoms with Crippen LogP contribution in [0, 0.1) is 13.8 Å². The molecule has 0 saturated carbocycles. The monoisotopic (exact) mass is 454 g/mol. The molecule has 0 aliphatic carbocycles. The van der Waals surface area contributed by atoms with Gasteiger partial charge < -0.3 is 4.42 Å². The average molecular weight is 455 g/mol. The minimum absolute atomic E-state index is 0.138. The molecule has 0 N–H and O–H groups in total. The largest absolute Gasteiger partial charge is 0.415 e. The zero-order chi connectivity index (χ0) is 20.3. The van der Waals surface area contributed by atoms with Gasteiger partial charge >= 0.3 is 0 Å². The molecule has 0 saturated heterocycles. The number of amides is 1. The van der Waals surface area contributed by atoms with E-state index < -0.39 is 0 Å². The molecule has 28 heavy (non-hydrogen) atoms. The van der Waals surface area contributed by atoms with Gasteiger partial charge in [0, 0.05) is 18.1 Å². The van der Waals surface area contributed by atoms with Gasteiger partial charge in [-0.2, -0.15) is 11.8 Å². The highest BCUT2D eigenvalue weighted by Crippen LogP contribution is 2.38. The Kier molecular flexibility index (Phi) is 7.03. The molecule has 10 heteroatoms. The Morgan fingerprint density at radius 2 is 2.07 bits per heavy atom. The number of aryl methyl sites for hydroxylation is 2. The van der Waals surface area contributed by atoms with Gasteiger partial charge in [-0.1, -0.05) is 29.4 Å². The van der Waals surface area contributed by atoms with Crippen LogP contribution >= 0.6 is 46.5 Å². The molecule has 0 unspecified atom stereocenters. The number of nitrogens with zero attached hydrogens (tertiary/aromatic N) is 4. The highest BCUT2D eigenvalue weighted by molar-refractivity contribution is 7.98. The van der Waals surface area contributed by atoms with Gasteiger partial charge in [0.05, 0.1) is 22.2 Å². The van der Waals surface area contributed by atoms with Crippen LogP contribution in [0.5, 0.6) is 0 Å². The van der Waals surface area contributed by atoms with Crippen LogP contribution in [-0.2, 0) is 16.3 Å². The Morgan fingerprint density at radius 1 is 1.29 bits per heavy atom. The molecule has 0 bridgehead atoms. The third kappa shape index (κ3) is 4.89. The standard InChI is InChI=1S/C18H19ClN4O2S3/c1-10-5-11(2)16(14(19)6-10)23(12(3)24)17-20-13(7-27-17)8-28-18-22-21-15(25-18)9-26-4/h5-7H,8-9H2,1-4H3. The van der Waals surface area contributed by atoms with Crippen LogP contribution < -0.4 is 4.90 Å². The Bertz CT molecular complexity index is 966. The molecule has 2 aromatic heterocycles. The molecule has 0 radical (unpaired) electrons. The summed E-state index contributed by atoms with van der Waals surface area (Å²) in [5, 5.41) is 11.6. The van der Waals surface area contributed by atoms with Crippen molar-refractivity contribution in [1.29, 1.82) is 0 Å². The van der Waals surface area contributed by atoms with Crippen molar-refractivity contribution < 1.29 is 9.21 Å². The van der Waals surface area contributed by atoms with Crippen molar-refractivity contribution in [1.82, 2.24) is 15.2 Å². The summed E-state index contributed by atoms with van der Waals surface area (Å²) in [5.74, 6) is 1.74. The normalized spacial score (nSPS) is 11.0. The van der Waals surface area contributed by atoms with E-state index in [2.05, 4.69) is 15.2 Å². The van der Waals surface area contributed by atoms with E-state index in [0.717, 1.165) is 16.8 Å². The van der Waals surface area contributed by atoms with Crippen molar-refractivity contribution in [3.63, 3.8) is 0 Å². The molecule has 148 valence electrons. The van der Waals surface area contributed by atoms with Crippen molar-refractivity contribution in [3.05, 3.63) is 45.2 Å². The van der Waals surface area contributed by atoms with E-state index in [1.807, 2.05) is 37.6 Å².